The lowest BCUT2D eigenvalue weighted by Gasteiger charge is -2.05. The lowest BCUT2D eigenvalue weighted by Crippen LogP contribution is -2.23. The van der Waals surface area contributed by atoms with Crippen LogP contribution in [0.15, 0.2) is 69.9 Å². The quantitative estimate of drug-likeness (QED) is 0.199. The standard InChI is InChI=1S/C28H25N3O4S/c1-3-4-5-16-34-22-12-10-21(11-13-22)26-29-28-31(30-26)27(33)25(36-28)17-23-14-15-24(35-23)20-8-6-19(7-9-20)18(2)32/h6-15,17H,3-5,16H2,1-2H3. The first-order chi connectivity index (χ1) is 17.5. The van der Waals surface area contributed by atoms with Gasteiger partial charge in [0.05, 0.1) is 6.61 Å². The summed E-state index contributed by atoms with van der Waals surface area (Å²) in [5, 5.41) is 4.42. The highest BCUT2D eigenvalue weighted by atomic mass is 32.1. The van der Waals surface area contributed by atoms with Crippen LogP contribution in [0.3, 0.4) is 0 Å². The first-order valence-corrected chi connectivity index (χ1v) is 12.7. The van der Waals surface area contributed by atoms with Crippen LogP contribution >= 0.6 is 11.3 Å². The van der Waals surface area contributed by atoms with E-state index in [9.17, 15) is 9.59 Å². The van der Waals surface area contributed by atoms with Crippen LogP contribution < -0.4 is 14.8 Å². The maximum atomic E-state index is 12.9. The van der Waals surface area contributed by atoms with Crippen LogP contribution in [0.4, 0.5) is 0 Å². The predicted octanol–water partition coefficient (Wildman–Crippen LogP) is 5.40. The Hall–Kier alpha value is -4.04. The molecule has 0 aliphatic rings. The van der Waals surface area contributed by atoms with E-state index in [-0.39, 0.29) is 11.3 Å². The topological polar surface area (TPSA) is 86.7 Å². The van der Waals surface area contributed by atoms with Gasteiger partial charge < -0.3 is 9.15 Å². The van der Waals surface area contributed by atoms with Gasteiger partial charge in [0, 0.05) is 22.8 Å². The van der Waals surface area contributed by atoms with Crippen molar-refractivity contribution in [3.63, 3.8) is 0 Å². The molecule has 0 radical (unpaired) electrons. The molecule has 0 saturated carbocycles. The van der Waals surface area contributed by atoms with Gasteiger partial charge in [-0.3, -0.25) is 9.59 Å². The Morgan fingerprint density at radius 1 is 1.03 bits per heavy atom. The van der Waals surface area contributed by atoms with Crippen molar-refractivity contribution >= 4 is 28.2 Å². The molecule has 3 aromatic heterocycles. The van der Waals surface area contributed by atoms with E-state index in [1.807, 2.05) is 42.5 Å². The van der Waals surface area contributed by atoms with E-state index >= 15 is 0 Å². The number of carbonyl (C=O) groups is 1. The van der Waals surface area contributed by atoms with Crippen molar-refractivity contribution in [2.24, 2.45) is 0 Å². The number of rotatable bonds is 9. The number of carbonyl (C=O) groups excluding carboxylic acids is 1. The van der Waals surface area contributed by atoms with Crippen molar-refractivity contribution in [1.29, 1.82) is 0 Å². The van der Waals surface area contributed by atoms with E-state index in [1.54, 1.807) is 24.3 Å². The lowest BCUT2D eigenvalue weighted by molar-refractivity contribution is 0.101. The Kier molecular flexibility index (Phi) is 6.77. The fraction of sp³-hybridized carbons (Fsp3) is 0.214. The Morgan fingerprint density at radius 3 is 2.47 bits per heavy atom. The van der Waals surface area contributed by atoms with Gasteiger partial charge in [-0.1, -0.05) is 55.4 Å². The molecule has 0 aliphatic heterocycles. The van der Waals surface area contributed by atoms with Gasteiger partial charge in [0.15, 0.2) is 11.6 Å². The van der Waals surface area contributed by atoms with E-state index in [0.717, 1.165) is 36.1 Å². The number of ketones is 1. The molecule has 3 heterocycles. The van der Waals surface area contributed by atoms with Crippen LogP contribution in [0, 0.1) is 0 Å². The fourth-order valence-corrected chi connectivity index (χ4v) is 4.67. The minimum absolute atomic E-state index is 0.0151. The van der Waals surface area contributed by atoms with E-state index in [1.165, 1.54) is 22.8 Å². The monoisotopic (exact) mass is 499 g/mol. The number of hydrogen-bond acceptors (Lipinski definition) is 7. The number of ether oxygens (including phenoxy) is 1. The second-order valence-corrected chi connectivity index (χ2v) is 9.47. The average molecular weight is 500 g/mol. The smallest absolute Gasteiger partial charge is 0.291 e. The molecular formula is C28H25N3O4S. The van der Waals surface area contributed by atoms with Gasteiger partial charge in [0.2, 0.25) is 4.96 Å². The van der Waals surface area contributed by atoms with Gasteiger partial charge in [0.1, 0.15) is 21.8 Å². The molecule has 0 aliphatic carbocycles. The van der Waals surface area contributed by atoms with E-state index < -0.39 is 0 Å². The van der Waals surface area contributed by atoms with Crippen LogP contribution in [-0.4, -0.2) is 27.0 Å². The van der Waals surface area contributed by atoms with E-state index in [4.69, 9.17) is 9.15 Å². The molecule has 0 amide bonds. The molecule has 182 valence electrons. The maximum Gasteiger partial charge on any atom is 0.291 e. The third-order valence-corrected chi connectivity index (χ3v) is 6.75. The predicted molar refractivity (Wildman–Crippen MR) is 141 cm³/mol. The normalized spacial score (nSPS) is 11.9. The summed E-state index contributed by atoms with van der Waals surface area (Å²) < 4.78 is 13.5. The molecule has 7 nitrogen and oxygen atoms in total. The SMILES string of the molecule is CCCCCOc1ccc(-c2nc3sc(=Cc4ccc(-c5ccc(C(C)=O)cc5)o4)c(=O)n3n2)cc1. The average Bonchev–Trinajstić information content (AvgIpc) is 3.60. The van der Waals surface area contributed by atoms with Gasteiger partial charge in [-0.25, -0.2) is 0 Å². The highest BCUT2D eigenvalue weighted by Gasteiger charge is 2.13. The zero-order valence-corrected chi connectivity index (χ0v) is 20.9. The number of aromatic nitrogens is 3. The highest BCUT2D eigenvalue weighted by molar-refractivity contribution is 7.15. The Bertz CT molecular complexity index is 1610. The summed E-state index contributed by atoms with van der Waals surface area (Å²) in [6, 6.07) is 18.5. The fourth-order valence-electron chi connectivity index (χ4n) is 3.78. The van der Waals surface area contributed by atoms with E-state index in [0.29, 0.717) is 39.0 Å². The summed E-state index contributed by atoms with van der Waals surface area (Å²) in [7, 11) is 0. The van der Waals surface area contributed by atoms with Crippen LogP contribution in [0.1, 0.15) is 49.2 Å². The van der Waals surface area contributed by atoms with Crippen molar-refractivity contribution in [3.05, 3.63) is 86.9 Å². The summed E-state index contributed by atoms with van der Waals surface area (Å²) in [5.41, 5.74) is 2.08. The first-order valence-electron chi connectivity index (χ1n) is 11.9. The van der Waals surface area contributed by atoms with Gasteiger partial charge in [-0.15, -0.1) is 5.10 Å². The zero-order valence-electron chi connectivity index (χ0n) is 20.1. The zero-order chi connectivity index (χ0) is 25.1. The second kappa shape index (κ2) is 10.3. The summed E-state index contributed by atoms with van der Waals surface area (Å²) in [5.74, 6) is 2.53. The molecule has 0 saturated heterocycles. The van der Waals surface area contributed by atoms with Crippen LogP contribution in [0.25, 0.3) is 33.7 Å². The molecule has 2 aromatic carbocycles. The lowest BCUT2D eigenvalue weighted by atomic mass is 10.1. The molecule has 0 fully saturated rings. The number of thiazole rings is 1. The van der Waals surface area contributed by atoms with Crippen molar-refractivity contribution < 1.29 is 13.9 Å². The summed E-state index contributed by atoms with van der Waals surface area (Å²) in [6.07, 6.45) is 5.05. The number of benzene rings is 2. The molecule has 0 unspecified atom stereocenters. The third kappa shape index (κ3) is 4.99. The van der Waals surface area contributed by atoms with Crippen molar-refractivity contribution in [1.82, 2.24) is 14.6 Å². The highest BCUT2D eigenvalue weighted by Crippen LogP contribution is 2.24. The Labute approximate surface area is 211 Å². The van der Waals surface area contributed by atoms with Crippen molar-refractivity contribution in [2.75, 3.05) is 6.61 Å². The van der Waals surface area contributed by atoms with Gasteiger partial charge in [-0.05, 0) is 49.7 Å². The Morgan fingerprint density at radius 2 is 1.78 bits per heavy atom. The molecule has 8 heteroatoms. The number of Topliss-reactive ketones (excluding diaryl/α,β-unsaturated/α-hetero) is 1. The molecule has 0 bridgehead atoms. The van der Waals surface area contributed by atoms with Gasteiger partial charge in [0.25, 0.3) is 5.56 Å². The second-order valence-electron chi connectivity index (χ2n) is 8.46. The molecule has 36 heavy (non-hydrogen) atoms. The molecule has 5 aromatic rings. The molecule has 0 spiro atoms. The minimum atomic E-state index is -0.242. The number of unbranched alkanes of at least 4 members (excludes halogenated alkanes) is 2. The number of furan rings is 1. The molecule has 0 N–H and O–H groups in total. The summed E-state index contributed by atoms with van der Waals surface area (Å²) in [6.45, 7) is 4.40. The Balaban J connectivity index is 1.34. The van der Waals surface area contributed by atoms with Crippen LogP contribution in [-0.2, 0) is 0 Å². The minimum Gasteiger partial charge on any atom is -0.494 e. The van der Waals surface area contributed by atoms with Gasteiger partial charge >= 0.3 is 0 Å². The summed E-state index contributed by atoms with van der Waals surface area (Å²) in [4.78, 5) is 29.5. The largest absolute Gasteiger partial charge is 0.494 e. The van der Waals surface area contributed by atoms with Gasteiger partial charge in [-0.2, -0.15) is 9.50 Å². The number of nitrogens with zero attached hydrogens (tertiary/aromatic N) is 3. The first kappa shape index (κ1) is 23.7. The maximum absolute atomic E-state index is 12.9. The molecular weight excluding hydrogens is 474 g/mol. The number of fused-ring (bicyclic) bond motifs is 1. The summed E-state index contributed by atoms with van der Waals surface area (Å²) >= 11 is 1.26. The number of hydrogen-bond donors (Lipinski definition) is 0. The van der Waals surface area contributed by atoms with Crippen LogP contribution in [0.2, 0.25) is 0 Å². The van der Waals surface area contributed by atoms with Crippen molar-refractivity contribution in [2.45, 2.75) is 33.1 Å². The molecule has 5 rings (SSSR count). The third-order valence-electron chi connectivity index (χ3n) is 5.79. The van der Waals surface area contributed by atoms with E-state index in [2.05, 4.69) is 17.0 Å². The van der Waals surface area contributed by atoms with Crippen molar-refractivity contribution in [3.8, 4) is 28.5 Å². The molecule has 0 atom stereocenters. The van der Waals surface area contributed by atoms with Crippen LogP contribution in [0.5, 0.6) is 5.75 Å².